The average molecular weight is 217 g/mol. The highest BCUT2D eigenvalue weighted by atomic mass is 16.6. The summed E-state index contributed by atoms with van der Waals surface area (Å²) in [5, 5.41) is 0. The van der Waals surface area contributed by atoms with E-state index in [1.807, 2.05) is 0 Å². The van der Waals surface area contributed by atoms with Crippen LogP contribution in [0.15, 0.2) is 0 Å². The molecule has 0 spiro atoms. The Kier molecular flexibility index (Phi) is 4.74. The van der Waals surface area contributed by atoms with Gasteiger partial charge in [0.2, 0.25) is 0 Å². The fraction of sp³-hybridized carbons (Fsp3) is 0.800. The molecular formula is C10H19NO4. The van der Waals surface area contributed by atoms with Crippen molar-refractivity contribution in [3.63, 3.8) is 0 Å². The van der Waals surface area contributed by atoms with Crippen LogP contribution in [0, 0.1) is 0 Å². The molecule has 0 fully saturated rings. The SMILES string of the molecule is CC(=O)O[C@H](C)[C@H](N)C(=O)OC(C)(C)C. The minimum atomic E-state index is -0.951. The van der Waals surface area contributed by atoms with Crippen LogP contribution in [0.1, 0.15) is 34.6 Å². The van der Waals surface area contributed by atoms with Crippen LogP contribution in [0.4, 0.5) is 0 Å². The second-order valence-electron chi connectivity index (χ2n) is 4.37. The Hall–Kier alpha value is -1.10. The summed E-state index contributed by atoms with van der Waals surface area (Å²) in [6.07, 6.45) is -0.683. The summed E-state index contributed by atoms with van der Waals surface area (Å²) in [5.74, 6) is -1.04. The van der Waals surface area contributed by atoms with E-state index in [0.717, 1.165) is 0 Å². The monoisotopic (exact) mass is 217 g/mol. The molecule has 0 amide bonds. The second kappa shape index (κ2) is 5.11. The van der Waals surface area contributed by atoms with Gasteiger partial charge in [0, 0.05) is 6.92 Å². The smallest absolute Gasteiger partial charge is 0.327 e. The molecule has 0 rings (SSSR count). The van der Waals surface area contributed by atoms with Crippen LogP contribution in [0.25, 0.3) is 0 Å². The normalized spacial score (nSPS) is 15.3. The van der Waals surface area contributed by atoms with Crippen LogP contribution < -0.4 is 5.73 Å². The standard InChI is InChI=1S/C10H19NO4/c1-6(14-7(2)12)8(11)9(13)15-10(3,4)5/h6,8H,11H2,1-5H3/t6-,8+/m1/s1. The zero-order valence-corrected chi connectivity index (χ0v) is 9.87. The lowest BCUT2D eigenvalue weighted by Gasteiger charge is -2.24. The van der Waals surface area contributed by atoms with Crippen LogP contribution in [0.5, 0.6) is 0 Å². The van der Waals surface area contributed by atoms with Gasteiger partial charge in [-0.2, -0.15) is 0 Å². The van der Waals surface area contributed by atoms with Gasteiger partial charge in [-0.15, -0.1) is 0 Å². The Balaban J connectivity index is 4.25. The van der Waals surface area contributed by atoms with Gasteiger partial charge in [0.1, 0.15) is 17.7 Å². The lowest BCUT2D eigenvalue weighted by Crippen LogP contribution is -2.45. The molecule has 2 N–H and O–H groups in total. The van der Waals surface area contributed by atoms with E-state index in [1.54, 1.807) is 27.7 Å². The molecule has 0 aromatic rings. The van der Waals surface area contributed by atoms with Crippen molar-refractivity contribution in [3.8, 4) is 0 Å². The van der Waals surface area contributed by atoms with Crippen LogP contribution >= 0.6 is 0 Å². The molecule has 0 heterocycles. The quantitative estimate of drug-likeness (QED) is 0.700. The van der Waals surface area contributed by atoms with Crippen molar-refractivity contribution in [2.75, 3.05) is 0 Å². The molecule has 88 valence electrons. The van der Waals surface area contributed by atoms with Gasteiger partial charge in [0.15, 0.2) is 0 Å². The molecule has 0 saturated carbocycles. The number of carbonyl (C=O) groups excluding carboxylic acids is 2. The Morgan fingerprint density at radius 1 is 1.27 bits per heavy atom. The topological polar surface area (TPSA) is 78.6 Å². The van der Waals surface area contributed by atoms with Gasteiger partial charge in [0.05, 0.1) is 0 Å². The maximum atomic E-state index is 11.4. The minimum Gasteiger partial charge on any atom is -0.461 e. The second-order valence-corrected chi connectivity index (χ2v) is 4.37. The van der Waals surface area contributed by atoms with Gasteiger partial charge in [-0.1, -0.05) is 0 Å². The number of esters is 2. The first kappa shape index (κ1) is 13.9. The van der Waals surface area contributed by atoms with Crippen LogP contribution in [0.2, 0.25) is 0 Å². The molecule has 0 aromatic heterocycles. The van der Waals surface area contributed by atoms with E-state index in [2.05, 4.69) is 0 Å². The third kappa shape index (κ3) is 6.06. The summed E-state index contributed by atoms with van der Waals surface area (Å²) in [5.41, 5.74) is 4.97. The first-order valence-corrected chi connectivity index (χ1v) is 4.79. The first-order chi connectivity index (χ1) is 6.63. The third-order valence-corrected chi connectivity index (χ3v) is 1.54. The maximum Gasteiger partial charge on any atom is 0.327 e. The van der Waals surface area contributed by atoms with E-state index in [1.165, 1.54) is 6.92 Å². The summed E-state index contributed by atoms with van der Waals surface area (Å²) < 4.78 is 9.83. The molecule has 0 unspecified atom stereocenters. The number of rotatable bonds is 3. The van der Waals surface area contributed by atoms with Crippen LogP contribution in [0.3, 0.4) is 0 Å². The molecule has 0 aliphatic carbocycles. The molecule has 0 radical (unpaired) electrons. The summed E-state index contributed by atoms with van der Waals surface area (Å²) in [6, 6.07) is -0.951. The van der Waals surface area contributed by atoms with Gasteiger partial charge in [-0.05, 0) is 27.7 Å². The van der Waals surface area contributed by atoms with E-state index in [0.29, 0.717) is 0 Å². The molecule has 0 aliphatic heterocycles. The first-order valence-electron chi connectivity index (χ1n) is 4.79. The number of ether oxygens (including phenoxy) is 2. The minimum absolute atomic E-state index is 0.471. The molecule has 0 bridgehead atoms. The predicted octanol–water partition coefficient (Wildman–Crippen LogP) is 0.607. The highest BCUT2D eigenvalue weighted by Gasteiger charge is 2.28. The van der Waals surface area contributed by atoms with E-state index in [-0.39, 0.29) is 0 Å². The Bertz CT molecular complexity index is 244. The van der Waals surface area contributed by atoms with Crippen molar-refractivity contribution < 1.29 is 19.1 Å². The number of hydrogen-bond donors (Lipinski definition) is 1. The lowest BCUT2D eigenvalue weighted by atomic mass is 10.1. The van der Waals surface area contributed by atoms with Crippen molar-refractivity contribution in [3.05, 3.63) is 0 Å². The predicted molar refractivity (Wildman–Crippen MR) is 55.0 cm³/mol. The summed E-state index contributed by atoms with van der Waals surface area (Å²) >= 11 is 0. The number of nitrogens with two attached hydrogens (primary N) is 1. The summed E-state index contributed by atoms with van der Waals surface area (Å²) in [4.78, 5) is 22.1. The van der Waals surface area contributed by atoms with Gasteiger partial charge < -0.3 is 15.2 Å². The summed E-state index contributed by atoms with van der Waals surface area (Å²) in [6.45, 7) is 8.05. The van der Waals surface area contributed by atoms with Crippen molar-refractivity contribution in [2.45, 2.75) is 52.4 Å². The van der Waals surface area contributed by atoms with Crippen molar-refractivity contribution in [1.82, 2.24) is 0 Å². The Labute approximate surface area is 89.9 Å². The van der Waals surface area contributed by atoms with Crippen molar-refractivity contribution >= 4 is 11.9 Å². The molecule has 2 atom stereocenters. The fourth-order valence-electron chi connectivity index (χ4n) is 0.897. The molecule has 5 nitrogen and oxygen atoms in total. The number of hydrogen-bond acceptors (Lipinski definition) is 5. The van der Waals surface area contributed by atoms with E-state index in [9.17, 15) is 9.59 Å². The van der Waals surface area contributed by atoms with Gasteiger partial charge in [0.25, 0.3) is 0 Å². The van der Waals surface area contributed by atoms with E-state index < -0.39 is 29.7 Å². The Morgan fingerprint density at radius 2 is 1.73 bits per heavy atom. The van der Waals surface area contributed by atoms with Crippen molar-refractivity contribution in [1.29, 1.82) is 0 Å². The molecule has 15 heavy (non-hydrogen) atoms. The van der Waals surface area contributed by atoms with Gasteiger partial charge in [-0.25, -0.2) is 0 Å². The third-order valence-electron chi connectivity index (χ3n) is 1.54. The largest absolute Gasteiger partial charge is 0.461 e. The van der Waals surface area contributed by atoms with E-state index >= 15 is 0 Å². The maximum absolute atomic E-state index is 11.4. The molecule has 0 aromatic carbocycles. The van der Waals surface area contributed by atoms with Crippen molar-refractivity contribution in [2.24, 2.45) is 5.73 Å². The highest BCUT2D eigenvalue weighted by Crippen LogP contribution is 2.10. The van der Waals surface area contributed by atoms with Crippen LogP contribution in [-0.2, 0) is 19.1 Å². The van der Waals surface area contributed by atoms with Crippen LogP contribution in [-0.4, -0.2) is 29.7 Å². The molecule has 0 aliphatic rings. The molecule has 5 heteroatoms. The zero-order valence-electron chi connectivity index (χ0n) is 9.87. The zero-order chi connectivity index (χ0) is 12.2. The lowest BCUT2D eigenvalue weighted by molar-refractivity contribution is -0.162. The fourth-order valence-corrected chi connectivity index (χ4v) is 0.897. The average Bonchev–Trinajstić information content (AvgIpc) is 1.98. The van der Waals surface area contributed by atoms with Gasteiger partial charge in [-0.3, -0.25) is 9.59 Å². The summed E-state index contributed by atoms with van der Waals surface area (Å²) in [7, 11) is 0. The van der Waals surface area contributed by atoms with E-state index in [4.69, 9.17) is 15.2 Å². The van der Waals surface area contributed by atoms with Gasteiger partial charge >= 0.3 is 11.9 Å². The molecular weight excluding hydrogens is 198 g/mol. The molecule has 0 saturated heterocycles. The Morgan fingerprint density at radius 3 is 2.07 bits per heavy atom. The number of carbonyl (C=O) groups is 2. The highest BCUT2D eigenvalue weighted by molar-refractivity contribution is 5.77.